The minimum atomic E-state index is -0.222. The molecule has 0 radical (unpaired) electrons. The lowest BCUT2D eigenvalue weighted by atomic mass is 9.85. The van der Waals surface area contributed by atoms with Crippen molar-refractivity contribution in [2.75, 3.05) is 32.8 Å². The Morgan fingerprint density at radius 3 is 2.58 bits per heavy atom. The molecule has 3 heteroatoms. The summed E-state index contributed by atoms with van der Waals surface area (Å²) in [6.07, 6.45) is 2.08. The maximum absolute atomic E-state index is 10.1. The number of rotatable bonds is 4. The minimum Gasteiger partial charge on any atom is -0.394 e. The van der Waals surface area contributed by atoms with Gasteiger partial charge in [0, 0.05) is 19.6 Å². The number of hydrogen-bond donors (Lipinski definition) is 2. The summed E-state index contributed by atoms with van der Waals surface area (Å²) in [5.74, 6) is 0. The quantitative estimate of drug-likeness (QED) is 0.870. The van der Waals surface area contributed by atoms with Crippen molar-refractivity contribution in [2.24, 2.45) is 0 Å². The van der Waals surface area contributed by atoms with Crippen molar-refractivity contribution in [3.05, 3.63) is 35.4 Å². The third kappa shape index (κ3) is 2.99. The van der Waals surface area contributed by atoms with Crippen LogP contribution in [0.2, 0.25) is 0 Å². The van der Waals surface area contributed by atoms with Crippen LogP contribution in [0, 0.1) is 6.92 Å². The molecule has 1 aromatic rings. The highest BCUT2D eigenvalue weighted by Crippen LogP contribution is 2.32. The van der Waals surface area contributed by atoms with Gasteiger partial charge in [-0.2, -0.15) is 0 Å². The van der Waals surface area contributed by atoms with Crippen LogP contribution in [0.4, 0.5) is 0 Å². The van der Waals surface area contributed by atoms with E-state index in [1.165, 1.54) is 11.1 Å². The Labute approximate surface area is 116 Å². The summed E-state index contributed by atoms with van der Waals surface area (Å²) in [5, 5.41) is 13.5. The molecule has 0 bridgehead atoms. The van der Waals surface area contributed by atoms with Crippen LogP contribution in [0.15, 0.2) is 24.3 Å². The first kappa shape index (κ1) is 14.5. The molecule has 3 nitrogen and oxygen atoms in total. The Balaban J connectivity index is 2.32. The Morgan fingerprint density at radius 2 is 1.95 bits per heavy atom. The minimum absolute atomic E-state index is 0.187. The van der Waals surface area contributed by atoms with Crippen molar-refractivity contribution in [3.63, 3.8) is 0 Å². The lowest BCUT2D eigenvalue weighted by Crippen LogP contribution is -2.50. The molecule has 1 unspecified atom stereocenters. The second-order valence-corrected chi connectivity index (χ2v) is 5.50. The molecule has 0 aliphatic carbocycles. The van der Waals surface area contributed by atoms with Gasteiger partial charge in [0.25, 0.3) is 0 Å². The van der Waals surface area contributed by atoms with Crippen molar-refractivity contribution in [1.29, 1.82) is 0 Å². The van der Waals surface area contributed by atoms with E-state index in [9.17, 15) is 5.11 Å². The van der Waals surface area contributed by atoms with Crippen LogP contribution in [0.1, 0.15) is 30.9 Å². The highest BCUT2D eigenvalue weighted by molar-refractivity contribution is 5.28. The molecule has 2 rings (SSSR count). The Hall–Kier alpha value is -0.900. The molecule has 1 aliphatic rings. The summed E-state index contributed by atoms with van der Waals surface area (Å²) >= 11 is 0. The zero-order valence-corrected chi connectivity index (χ0v) is 12.2. The molecule has 1 heterocycles. The molecular weight excluding hydrogens is 236 g/mol. The predicted molar refractivity (Wildman–Crippen MR) is 79.3 cm³/mol. The van der Waals surface area contributed by atoms with E-state index < -0.39 is 0 Å². The highest BCUT2D eigenvalue weighted by atomic mass is 16.3. The zero-order chi connectivity index (χ0) is 13.7. The lowest BCUT2D eigenvalue weighted by Gasteiger charge is -2.42. The highest BCUT2D eigenvalue weighted by Gasteiger charge is 2.36. The third-order valence-electron chi connectivity index (χ3n) is 4.38. The van der Waals surface area contributed by atoms with Gasteiger partial charge in [0.15, 0.2) is 0 Å². The van der Waals surface area contributed by atoms with Crippen molar-refractivity contribution >= 4 is 0 Å². The van der Waals surface area contributed by atoms with Gasteiger partial charge in [-0.1, -0.05) is 36.8 Å². The number of benzene rings is 1. The molecule has 0 aromatic heterocycles. The summed E-state index contributed by atoms with van der Waals surface area (Å²) in [7, 11) is 0. The Kier molecular flexibility index (Phi) is 4.97. The Bertz CT molecular complexity index is 376. The Morgan fingerprint density at radius 1 is 1.21 bits per heavy atom. The second kappa shape index (κ2) is 6.51. The molecule has 1 atom stereocenters. The first-order chi connectivity index (χ1) is 9.23. The van der Waals surface area contributed by atoms with Crippen molar-refractivity contribution in [3.8, 4) is 0 Å². The van der Waals surface area contributed by atoms with Crippen LogP contribution in [0.3, 0.4) is 0 Å². The van der Waals surface area contributed by atoms with Gasteiger partial charge >= 0.3 is 0 Å². The van der Waals surface area contributed by atoms with Crippen molar-refractivity contribution in [2.45, 2.75) is 32.2 Å². The fourth-order valence-electron chi connectivity index (χ4n) is 3.05. The van der Waals surface area contributed by atoms with E-state index in [0.717, 1.165) is 39.0 Å². The number of hydrogen-bond acceptors (Lipinski definition) is 3. The molecule has 1 aromatic carbocycles. The third-order valence-corrected chi connectivity index (χ3v) is 4.38. The summed E-state index contributed by atoms with van der Waals surface area (Å²) in [5.41, 5.74) is 2.29. The molecule has 1 fully saturated rings. The fraction of sp³-hybridized carbons (Fsp3) is 0.625. The van der Waals surface area contributed by atoms with Gasteiger partial charge in [-0.15, -0.1) is 0 Å². The van der Waals surface area contributed by atoms with E-state index in [-0.39, 0.29) is 12.1 Å². The number of nitrogens with zero attached hydrogens (tertiary/aromatic N) is 1. The first-order valence-corrected chi connectivity index (χ1v) is 7.36. The largest absolute Gasteiger partial charge is 0.394 e. The molecule has 1 aliphatic heterocycles. The van der Waals surface area contributed by atoms with E-state index in [4.69, 9.17) is 0 Å². The maximum Gasteiger partial charge on any atom is 0.0691 e. The molecule has 106 valence electrons. The average Bonchev–Trinajstić information content (AvgIpc) is 2.72. The average molecular weight is 262 g/mol. The smallest absolute Gasteiger partial charge is 0.0691 e. The van der Waals surface area contributed by atoms with E-state index in [0.29, 0.717) is 0 Å². The van der Waals surface area contributed by atoms with Gasteiger partial charge in [0.2, 0.25) is 0 Å². The maximum atomic E-state index is 10.1. The van der Waals surface area contributed by atoms with Gasteiger partial charge in [-0.25, -0.2) is 0 Å². The molecule has 0 spiro atoms. The summed E-state index contributed by atoms with van der Waals surface area (Å²) in [6, 6.07) is 8.64. The zero-order valence-electron chi connectivity index (χ0n) is 12.2. The normalized spacial score (nSPS) is 20.8. The van der Waals surface area contributed by atoms with Crippen LogP contribution < -0.4 is 5.32 Å². The summed E-state index contributed by atoms with van der Waals surface area (Å²) < 4.78 is 0. The number of aryl methyl sites for hydroxylation is 1. The van der Waals surface area contributed by atoms with Gasteiger partial charge in [-0.3, -0.25) is 4.90 Å². The predicted octanol–water partition coefficient (Wildman–Crippen LogP) is 1.89. The number of nitrogens with one attached hydrogen (secondary N) is 1. The van der Waals surface area contributed by atoms with Crippen molar-refractivity contribution in [1.82, 2.24) is 10.2 Å². The van der Waals surface area contributed by atoms with Crippen LogP contribution in [-0.4, -0.2) is 42.8 Å². The van der Waals surface area contributed by atoms with E-state index >= 15 is 0 Å². The topological polar surface area (TPSA) is 35.5 Å². The molecule has 0 saturated carbocycles. The van der Waals surface area contributed by atoms with E-state index in [2.05, 4.69) is 48.3 Å². The van der Waals surface area contributed by atoms with Crippen LogP contribution in [0.25, 0.3) is 0 Å². The van der Waals surface area contributed by atoms with Crippen LogP contribution >= 0.6 is 0 Å². The van der Waals surface area contributed by atoms with Gasteiger partial charge in [0.1, 0.15) is 0 Å². The molecule has 19 heavy (non-hydrogen) atoms. The monoisotopic (exact) mass is 262 g/mol. The molecule has 0 amide bonds. The standard InChI is InChI=1S/C16H26N2O/c1-3-16(13-19,15-7-5-14(2)6-8-15)18-11-4-9-17-10-12-18/h5-8,17,19H,3-4,9-13H2,1-2H3. The fourth-order valence-corrected chi connectivity index (χ4v) is 3.05. The van der Waals surface area contributed by atoms with Gasteiger partial charge in [-0.05, 0) is 31.9 Å². The summed E-state index contributed by atoms with van der Waals surface area (Å²) in [4.78, 5) is 2.46. The van der Waals surface area contributed by atoms with Gasteiger partial charge in [0.05, 0.1) is 12.1 Å². The first-order valence-electron chi connectivity index (χ1n) is 7.36. The summed E-state index contributed by atoms with van der Waals surface area (Å²) in [6.45, 7) is 8.61. The second-order valence-electron chi connectivity index (χ2n) is 5.50. The van der Waals surface area contributed by atoms with Crippen molar-refractivity contribution < 1.29 is 5.11 Å². The van der Waals surface area contributed by atoms with Crippen LogP contribution in [0.5, 0.6) is 0 Å². The lowest BCUT2D eigenvalue weighted by molar-refractivity contribution is 0.0267. The molecule has 2 N–H and O–H groups in total. The van der Waals surface area contributed by atoms with E-state index in [1.54, 1.807) is 0 Å². The van der Waals surface area contributed by atoms with Crippen LogP contribution in [-0.2, 0) is 5.54 Å². The molecule has 1 saturated heterocycles. The van der Waals surface area contributed by atoms with Gasteiger partial charge < -0.3 is 10.4 Å². The number of aliphatic hydroxyl groups excluding tert-OH is 1. The van der Waals surface area contributed by atoms with E-state index in [1.807, 2.05) is 0 Å². The number of aliphatic hydroxyl groups is 1. The SMILES string of the molecule is CCC(CO)(c1ccc(C)cc1)N1CCCNCC1. The molecular formula is C16H26N2O.